The summed E-state index contributed by atoms with van der Waals surface area (Å²) >= 11 is 0. The molecule has 2 rings (SSSR count). The zero-order chi connectivity index (χ0) is 12.8. The van der Waals surface area contributed by atoms with Gasteiger partial charge in [0, 0.05) is 6.04 Å². The largest absolute Gasteiger partial charge is 0.310 e. The van der Waals surface area contributed by atoms with E-state index in [1.54, 1.807) is 5.56 Å². The maximum absolute atomic E-state index is 3.74. The van der Waals surface area contributed by atoms with Crippen LogP contribution in [-0.2, 0) is 6.42 Å². The van der Waals surface area contributed by atoms with E-state index in [4.69, 9.17) is 0 Å². The average Bonchev–Trinajstić information content (AvgIpc) is 2.46. The fraction of sp³-hybridized carbons (Fsp3) is 0.647. The van der Waals surface area contributed by atoms with Gasteiger partial charge >= 0.3 is 0 Å². The minimum Gasteiger partial charge on any atom is -0.310 e. The minimum absolute atomic E-state index is 0.575. The summed E-state index contributed by atoms with van der Waals surface area (Å²) in [4.78, 5) is 0. The van der Waals surface area contributed by atoms with Gasteiger partial charge in [-0.05, 0) is 42.9 Å². The third kappa shape index (κ3) is 3.14. The van der Waals surface area contributed by atoms with Gasteiger partial charge in [-0.25, -0.2) is 0 Å². The van der Waals surface area contributed by atoms with Crippen LogP contribution in [0.5, 0.6) is 0 Å². The smallest absolute Gasteiger partial charge is 0.0351 e. The number of aryl methyl sites for hydroxylation is 1. The Balaban J connectivity index is 2.22. The summed E-state index contributed by atoms with van der Waals surface area (Å²) in [6.45, 7) is 5.56. The standard InChI is InChI=1S/C17H27N/c1-3-14-10-8-9-13-16(14)17(18-4-2)15-11-6-5-7-12-15/h8-10,13,15,17-18H,3-7,11-12H2,1-2H3. The van der Waals surface area contributed by atoms with E-state index in [1.165, 1.54) is 37.7 Å². The molecule has 1 nitrogen and oxygen atoms in total. The monoisotopic (exact) mass is 245 g/mol. The molecule has 1 heteroatoms. The van der Waals surface area contributed by atoms with Crippen molar-refractivity contribution in [2.75, 3.05) is 6.54 Å². The Morgan fingerprint density at radius 2 is 1.83 bits per heavy atom. The van der Waals surface area contributed by atoms with Crippen molar-refractivity contribution in [2.45, 2.75) is 58.4 Å². The lowest BCUT2D eigenvalue weighted by Crippen LogP contribution is -2.30. The Hall–Kier alpha value is -0.820. The Bertz CT molecular complexity index is 352. The molecule has 1 aromatic carbocycles. The third-order valence-electron chi connectivity index (χ3n) is 4.32. The van der Waals surface area contributed by atoms with Crippen molar-refractivity contribution >= 4 is 0 Å². The molecule has 100 valence electrons. The van der Waals surface area contributed by atoms with Gasteiger partial charge in [0.25, 0.3) is 0 Å². The second kappa shape index (κ2) is 6.94. The molecule has 0 heterocycles. The summed E-state index contributed by atoms with van der Waals surface area (Å²) in [5, 5.41) is 3.74. The van der Waals surface area contributed by atoms with E-state index in [0.29, 0.717) is 6.04 Å². The van der Waals surface area contributed by atoms with Crippen molar-refractivity contribution in [3.05, 3.63) is 35.4 Å². The highest BCUT2D eigenvalue weighted by Gasteiger charge is 2.25. The summed E-state index contributed by atoms with van der Waals surface area (Å²) < 4.78 is 0. The fourth-order valence-electron chi connectivity index (χ4n) is 3.38. The van der Waals surface area contributed by atoms with E-state index in [2.05, 4.69) is 43.4 Å². The van der Waals surface area contributed by atoms with E-state index in [0.717, 1.165) is 18.9 Å². The van der Waals surface area contributed by atoms with Crippen LogP contribution in [0.15, 0.2) is 24.3 Å². The Morgan fingerprint density at radius 3 is 2.50 bits per heavy atom. The zero-order valence-electron chi connectivity index (χ0n) is 11.9. The molecule has 1 aliphatic carbocycles. The van der Waals surface area contributed by atoms with E-state index in [1.807, 2.05) is 0 Å². The van der Waals surface area contributed by atoms with Crippen molar-refractivity contribution in [1.82, 2.24) is 5.32 Å². The molecule has 0 bridgehead atoms. The predicted molar refractivity (Wildman–Crippen MR) is 78.8 cm³/mol. The summed E-state index contributed by atoms with van der Waals surface area (Å²) in [6.07, 6.45) is 8.21. The van der Waals surface area contributed by atoms with Crippen LogP contribution in [0, 0.1) is 5.92 Å². The van der Waals surface area contributed by atoms with Crippen LogP contribution in [0.25, 0.3) is 0 Å². The number of nitrogens with one attached hydrogen (secondary N) is 1. The molecule has 0 radical (unpaired) electrons. The van der Waals surface area contributed by atoms with Crippen LogP contribution >= 0.6 is 0 Å². The highest BCUT2D eigenvalue weighted by atomic mass is 14.9. The average molecular weight is 245 g/mol. The van der Waals surface area contributed by atoms with Gasteiger partial charge in [-0.1, -0.05) is 57.4 Å². The van der Waals surface area contributed by atoms with Gasteiger partial charge in [-0.2, -0.15) is 0 Å². The maximum Gasteiger partial charge on any atom is 0.0351 e. The van der Waals surface area contributed by atoms with Crippen molar-refractivity contribution in [3.8, 4) is 0 Å². The van der Waals surface area contributed by atoms with Crippen LogP contribution < -0.4 is 5.32 Å². The quantitative estimate of drug-likeness (QED) is 0.806. The molecular weight excluding hydrogens is 218 g/mol. The van der Waals surface area contributed by atoms with Crippen molar-refractivity contribution < 1.29 is 0 Å². The molecule has 1 aliphatic rings. The lowest BCUT2D eigenvalue weighted by Gasteiger charge is -2.32. The molecule has 1 atom stereocenters. The van der Waals surface area contributed by atoms with Crippen LogP contribution in [-0.4, -0.2) is 6.54 Å². The molecule has 1 N–H and O–H groups in total. The number of hydrogen-bond donors (Lipinski definition) is 1. The summed E-state index contributed by atoms with van der Waals surface area (Å²) in [5.74, 6) is 0.839. The minimum atomic E-state index is 0.575. The zero-order valence-corrected chi connectivity index (χ0v) is 11.9. The first-order valence-electron chi connectivity index (χ1n) is 7.68. The summed E-state index contributed by atoms with van der Waals surface area (Å²) in [5.41, 5.74) is 3.07. The number of benzene rings is 1. The van der Waals surface area contributed by atoms with Gasteiger partial charge in [0.1, 0.15) is 0 Å². The molecule has 1 fully saturated rings. The van der Waals surface area contributed by atoms with Crippen LogP contribution in [0.1, 0.15) is 63.1 Å². The molecule has 0 aliphatic heterocycles. The van der Waals surface area contributed by atoms with Gasteiger partial charge in [0.05, 0.1) is 0 Å². The highest BCUT2D eigenvalue weighted by Crippen LogP contribution is 2.35. The van der Waals surface area contributed by atoms with E-state index >= 15 is 0 Å². The third-order valence-corrected chi connectivity index (χ3v) is 4.32. The number of rotatable bonds is 5. The lowest BCUT2D eigenvalue weighted by molar-refractivity contribution is 0.273. The van der Waals surface area contributed by atoms with Crippen LogP contribution in [0.4, 0.5) is 0 Å². The van der Waals surface area contributed by atoms with Crippen LogP contribution in [0.2, 0.25) is 0 Å². The topological polar surface area (TPSA) is 12.0 Å². The SMILES string of the molecule is CCNC(c1ccccc1CC)C1CCCCC1. The molecule has 0 saturated heterocycles. The van der Waals surface area contributed by atoms with Crippen molar-refractivity contribution in [2.24, 2.45) is 5.92 Å². The van der Waals surface area contributed by atoms with Gasteiger partial charge in [-0.15, -0.1) is 0 Å². The van der Waals surface area contributed by atoms with Crippen molar-refractivity contribution in [3.63, 3.8) is 0 Å². The van der Waals surface area contributed by atoms with Crippen molar-refractivity contribution in [1.29, 1.82) is 0 Å². The molecule has 1 saturated carbocycles. The summed E-state index contributed by atoms with van der Waals surface area (Å²) in [6, 6.07) is 9.57. The molecule has 1 aromatic rings. The predicted octanol–water partition coefficient (Wildman–Crippen LogP) is 4.48. The molecular formula is C17H27N. The molecule has 18 heavy (non-hydrogen) atoms. The van der Waals surface area contributed by atoms with E-state index in [9.17, 15) is 0 Å². The first-order valence-corrected chi connectivity index (χ1v) is 7.68. The highest BCUT2D eigenvalue weighted by molar-refractivity contribution is 5.30. The van der Waals surface area contributed by atoms with E-state index in [-0.39, 0.29) is 0 Å². The first kappa shape index (κ1) is 13.6. The Kier molecular flexibility index (Phi) is 5.25. The molecule has 0 spiro atoms. The summed E-state index contributed by atoms with van der Waals surface area (Å²) in [7, 11) is 0. The Morgan fingerprint density at radius 1 is 1.11 bits per heavy atom. The fourth-order valence-corrected chi connectivity index (χ4v) is 3.38. The lowest BCUT2D eigenvalue weighted by atomic mass is 9.79. The second-order valence-corrected chi connectivity index (χ2v) is 5.49. The number of hydrogen-bond acceptors (Lipinski definition) is 1. The van der Waals surface area contributed by atoms with Gasteiger partial charge < -0.3 is 5.32 Å². The van der Waals surface area contributed by atoms with E-state index < -0.39 is 0 Å². The van der Waals surface area contributed by atoms with Gasteiger partial charge in [0.2, 0.25) is 0 Å². The second-order valence-electron chi connectivity index (χ2n) is 5.49. The normalized spacial score (nSPS) is 18.8. The van der Waals surface area contributed by atoms with Gasteiger partial charge in [0.15, 0.2) is 0 Å². The maximum atomic E-state index is 3.74. The molecule has 1 unspecified atom stereocenters. The Labute approximate surface area is 112 Å². The van der Waals surface area contributed by atoms with Gasteiger partial charge in [-0.3, -0.25) is 0 Å². The molecule has 0 amide bonds. The first-order chi connectivity index (χ1) is 8.86. The molecule has 0 aromatic heterocycles. The van der Waals surface area contributed by atoms with Crippen LogP contribution in [0.3, 0.4) is 0 Å².